The number of aryl methyl sites for hydroxylation is 1. The summed E-state index contributed by atoms with van der Waals surface area (Å²) >= 11 is 0. The van der Waals surface area contributed by atoms with Crippen LogP contribution in [0.4, 0.5) is 5.69 Å². The molecule has 1 amide bonds. The Morgan fingerprint density at radius 1 is 1.07 bits per heavy atom. The predicted octanol–water partition coefficient (Wildman–Crippen LogP) is 5.24. The number of piperazine rings is 1. The Morgan fingerprint density at radius 2 is 1.78 bits per heavy atom. The first-order chi connectivity index (χ1) is 19.3. The van der Waals surface area contributed by atoms with E-state index in [2.05, 4.69) is 48.9 Å². The summed E-state index contributed by atoms with van der Waals surface area (Å²) in [6.45, 7) is 14.3. The number of benzene rings is 2. The molecule has 0 unspecified atom stereocenters. The van der Waals surface area contributed by atoms with Crippen LogP contribution in [0.15, 0.2) is 30.3 Å². The number of nitrogens with one attached hydrogen (secondary N) is 1. The summed E-state index contributed by atoms with van der Waals surface area (Å²) in [7, 11) is 0. The van der Waals surface area contributed by atoms with E-state index in [1.165, 1.54) is 0 Å². The van der Waals surface area contributed by atoms with E-state index in [0.717, 1.165) is 45.4 Å². The summed E-state index contributed by atoms with van der Waals surface area (Å²) in [5.41, 5.74) is 5.80. The van der Waals surface area contributed by atoms with Gasteiger partial charge in [0.25, 0.3) is 0 Å². The summed E-state index contributed by atoms with van der Waals surface area (Å²) in [4.78, 5) is 46.4. The van der Waals surface area contributed by atoms with Crippen molar-refractivity contribution in [3.05, 3.63) is 63.8 Å². The molecule has 8 heteroatoms. The molecule has 1 fully saturated rings. The molecule has 2 aliphatic rings. The fourth-order valence-electron chi connectivity index (χ4n) is 6.11. The number of rotatable bonds is 5. The van der Waals surface area contributed by atoms with Gasteiger partial charge in [0, 0.05) is 65.9 Å². The molecule has 1 N–H and O–H groups in total. The largest absolute Gasteiger partial charge is 0.460 e. The Hall–Kier alpha value is -4.12. The fourth-order valence-corrected chi connectivity index (χ4v) is 6.11. The highest BCUT2D eigenvalue weighted by atomic mass is 16.6. The number of nitriles is 1. The maximum Gasteiger partial charge on any atom is 0.306 e. The molecule has 0 saturated carbocycles. The molecule has 2 heterocycles. The first-order valence-electron chi connectivity index (χ1n) is 14.4. The van der Waals surface area contributed by atoms with Crippen LogP contribution in [0.5, 0.6) is 0 Å². The Morgan fingerprint density at radius 3 is 2.41 bits per heavy atom. The molecular formula is C33H38N4O4. The van der Waals surface area contributed by atoms with Gasteiger partial charge in [0.2, 0.25) is 5.91 Å². The second-order valence-electron chi connectivity index (χ2n) is 12.5. The van der Waals surface area contributed by atoms with Crippen molar-refractivity contribution in [2.75, 3.05) is 31.1 Å². The molecule has 0 atom stereocenters. The summed E-state index contributed by atoms with van der Waals surface area (Å²) in [5, 5.41) is 10.2. The summed E-state index contributed by atoms with van der Waals surface area (Å²) in [6, 6.07) is 11.8. The number of ketones is 1. The van der Waals surface area contributed by atoms with Gasteiger partial charge in [-0.1, -0.05) is 26.8 Å². The van der Waals surface area contributed by atoms with E-state index < -0.39 is 11.0 Å². The number of nitrogens with zero attached hydrogens (tertiary/aromatic N) is 3. The van der Waals surface area contributed by atoms with Gasteiger partial charge in [0.15, 0.2) is 5.78 Å². The molecular weight excluding hydrogens is 516 g/mol. The van der Waals surface area contributed by atoms with Gasteiger partial charge in [0.1, 0.15) is 5.60 Å². The molecule has 8 nitrogen and oxygen atoms in total. The van der Waals surface area contributed by atoms with Crippen molar-refractivity contribution >= 4 is 34.3 Å². The second kappa shape index (κ2) is 10.4. The van der Waals surface area contributed by atoms with Gasteiger partial charge in [-0.05, 0) is 62.6 Å². The molecule has 3 aromatic rings. The van der Waals surface area contributed by atoms with E-state index in [-0.39, 0.29) is 30.5 Å². The number of anilines is 1. The van der Waals surface area contributed by atoms with Crippen LogP contribution in [0.25, 0.3) is 10.9 Å². The number of aromatic nitrogens is 1. The number of amides is 1. The molecule has 2 aromatic carbocycles. The molecule has 5 rings (SSSR count). The predicted molar refractivity (Wildman–Crippen MR) is 158 cm³/mol. The lowest BCUT2D eigenvalue weighted by Crippen LogP contribution is -2.49. The average Bonchev–Trinajstić information content (AvgIpc) is 3.33. The van der Waals surface area contributed by atoms with Gasteiger partial charge in [-0.25, -0.2) is 0 Å². The lowest BCUT2D eigenvalue weighted by Gasteiger charge is -2.39. The van der Waals surface area contributed by atoms with Crippen LogP contribution >= 0.6 is 0 Å². The minimum atomic E-state index is -0.562. The Bertz CT molecular complexity index is 1590. The van der Waals surface area contributed by atoms with Crippen molar-refractivity contribution in [1.29, 1.82) is 5.26 Å². The minimum absolute atomic E-state index is 0.00642. The molecule has 0 spiro atoms. The average molecular weight is 555 g/mol. The van der Waals surface area contributed by atoms with Crippen LogP contribution in [-0.4, -0.2) is 59.3 Å². The minimum Gasteiger partial charge on any atom is -0.460 e. The monoisotopic (exact) mass is 554 g/mol. The lowest BCUT2D eigenvalue weighted by molar-refractivity contribution is -0.156. The summed E-state index contributed by atoms with van der Waals surface area (Å²) in [5.74, 6) is -0.381. The van der Waals surface area contributed by atoms with E-state index in [1.807, 2.05) is 31.7 Å². The number of hydrogen-bond acceptors (Lipinski definition) is 6. The Labute approximate surface area is 241 Å². The van der Waals surface area contributed by atoms with Crippen molar-refractivity contribution in [1.82, 2.24) is 9.88 Å². The van der Waals surface area contributed by atoms with E-state index in [4.69, 9.17) is 4.74 Å². The Kier molecular flexibility index (Phi) is 7.19. The van der Waals surface area contributed by atoms with Gasteiger partial charge in [0.05, 0.1) is 23.6 Å². The van der Waals surface area contributed by atoms with E-state index in [0.29, 0.717) is 37.3 Å². The first-order valence-corrected chi connectivity index (χ1v) is 14.4. The molecule has 0 radical (unpaired) electrons. The highest BCUT2D eigenvalue weighted by Gasteiger charge is 2.40. The van der Waals surface area contributed by atoms with Gasteiger partial charge in [-0.2, -0.15) is 5.26 Å². The van der Waals surface area contributed by atoms with E-state index >= 15 is 0 Å². The number of hydrogen-bond donors (Lipinski definition) is 1. The van der Waals surface area contributed by atoms with Crippen LogP contribution in [-0.2, 0) is 26.2 Å². The maximum absolute atomic E-state index is 13.9. The molecule has 41 heavy (non-hydrogen) atoms. The van der Waals surface area contributed by atoms with Crippen molar-refractivity contribution < 1.29 is 19.1 Å². The van der Waals surface area contributed by atoms with Crippen molar-refractivity contribution in [2.45, 2.75) is 71.8 Å². The number of carbonyl (C=O) groups is 3. The summed E-state index contributed by atoms with van der Waals surface area (Å²) < 4.78 is 5.34. The number of esters is 1. The topological polar surface area (TPSA) is 106 Å². The Balaban J connectivity index is 1.37. The quantitative estimate of drug-likeness (QED) is 0.432. The second-order valence-corrected chi connectivity index (χ2v) is 12.5. The molecule has 1 aromatic heterocycles. The molecule has 1 aliphatic heterocycles. The van der Waals surface area contributed by atoms with Crippen molar-refractivity contribution in [3.63, 3.8) is 0 Å². The normalized spacial score (nSPS) is 16.3. The highest BCUT2D eigenvalue weighted by molar-refractivity contribution is 6.20. The van der Waals surface area contributed by atoms with Crippen molar-refractivity contribution in [3.8, 4) is 6.07 Å². The van der Waals surface area contributed by atoms with Crippen molar-refractivity contribution in [2.24, 2.45) is 0 Å². The van der Waals surface area contributed by atoms with Gasteiger partial charge >= 0.3 is 5.97 Å². The van der Waals surface area contributed by atoms with E-state index in [1.54, 1.807) is 12.1 Å². The van der Waals surface area contributed by atoms with Gasteiger partial charge in [-0.15, -0.1) is 0 Å². The van der Waals surface area contributed by atoms with Gasteiger partial charge in [-0.3, -0.25) is 14.4 Å². The standard InChI is InChI=1S/C33H38N4O4/c1-7-21-17-23-24(33(5,6)31-29(30(23)40)22-9-8-20(19-34)16-25(22)35-31)18-26(21)36-12-14-37(15-13-36)27(38)10-11-28(39)41-32(2,3)4/h8-9,16-18,35H,7,10-15H2,1-6H3. The SMILES string of the molecule is CCc1cc2c(cc1N1CCN(C(=O)CCC(=O)OC(C)(C)C)CC1)C(C)(C)c1[nH]c3cc(C#N)ccc3c1C2=O. The smallest absolute Gasteiger partial charge is 0.306 e. The van der Waals surface area contributed by atoms with Crippen LogP contribution in [0, 0.1) is 11.3 Å². The maximum atomic E-state index is 13.9. The number of ether oxygens (including phenoxy) is 1. The number of carbonyl (C=O) groups excluding carboxylic acids is 3. The van der Waals surface area contributed by atoms with Crippen LogP contribution < -0.4 is 4.90 Å². The van der Waals surface area contributed by atoms with E-state index in [9.17, 15) is 19.6 Å². The molecule has 1 saturated heterocycles. The zero-order valence-electron chi connectivity index (χ0n) is 24.8. The molecule has 214 valence electrons. The van der Waals surface area contributed by atoms with Crippen LogP contribution in [0.1, 0.15) is 92.7 Å². The number of H-pyrrole nitrogens is 1. The summed E-state index contributed by atoms with van der Waals surface area (Å²) in [6.07, 6.45) is 1.00. The first kappa shape index (κ1) is 28.4. The van der Waals surface area contributed by atoms with Crippen LogP contribution in [0.3, 0.4) is 0 Å². The van der Waals surface area contributed by atoms with Crippen LogP contribution in [0.2, 0.25) is 0 Å². The number of fused-ring (bicyclic) bond motifs is 4. The third-order valence-corrected chi connectivity index (χ3v) is 8.23. The zero-order valence-corrected chi connectivity index (χ0v) is 24.8. The fraction of sp³-hybridized carbons (Fsp3) is 0.455. The van der Waals surface area contributed by atoms with Gasteiger partial charge < -0.3 is 19.5 Å². The molecule has 0 bridgehead atoms. The third-order valence-electron chi connectivity index (χ3n) is 8.23. The molecule has 1 aliphatic carbocycles. The third kappa shape index (κ3) is 5.21. The zero-order chi connectivity index (χ0) is 29.7. The highest BCUT2D eigenvalue weighted by Crippen LogP contribution is 2.45. The lowest BCUT2D eigenvalue weighted by atomic mass is 9.70. The number of aromatic amines is 1.